The minimum atomic E-state index is -3.67. The third-order valence-electron chi connectivity index (χ3n) is 3.41. The molecule has 0 aliphatic carbocycles. The minimum absolute atomic E-state index is 0.0790. The van der Waals surface area contributed by atoms with Crippen LogP contribution in [0.1, 0.15) is 19.4 Å². The molecule has 0 unspecified atom stereocenters. The van der Waals surface area contributed by atoms with Crippen LogP contribution in [0.4, 0.5) is 0 Å². The van der Waals surface area contributed by atoms with E-state index in [1.807, 2.05) is 6.92 Å². The second-order valence-electron chi connectivity index (χ2n) is 5.21. The second-order valence-corrected chi connectivity index (χ2v) is 7.07. The number of fused-ring (bicyclic) bond motifs is 1. The smallest absolute Gasteiger partial charge is 0.244 e. The average molecular weight is 308 g/mol. The summed E-state index contributed by atoms with van der Waals surface area (Å²) in [4.78, 5) is 4.51. The van der Waals surface area contributed by atoms with Gasteiger partial charge in [0.25, 0.3) is 0 Å². The first-order valence-corrected chi connectivity index (χ1v) is 8.30. The van der Waals surface area contributed by atoms with Crippen LogP contribution in [0.25, 0.3) is 10.9 Å². The number of rotatable bonds is 5. The lowest BCUT2D eigenvalue weighted by Gasteiger charge is -2.25. The standard InChI is InChI=1S/C15H20N2O3S/c1-11(2)17(9-10-18)21(19,20)14-7-6-12(3)15-13(14)5-4-8-16-15/h4-8,11,18H,9-10H2,1-3H3. The third-order valence-corrected chi connectivity index (χ3v) is 5.55. The SMILES string of the molecule is Cc1ccc(S(=O)(=O)N(CCO)C(C)C)c2cccnc12. The van der Waals surface area contributed by atoms with Crippen molar-refractivity contribution < 1.29 is 13.5 Å². The van der Waals surface area contributed by atoms with E-state index >= 15 is 0 Å². The van der Waals surface area contributed by atoms with Crippen molar-refractivity contribution in [2.24, 2.45) is 0 Å². The third kappa shape index (κ3) is 2.92. The maximum absolute atomic E-state index is 12.9. The lowest BCUT2D eigenvalue weighted by atomic mass is 10.1. The van der Waals surface area contributed by atoms with E-state index in [0.717, 1.165) is 5.56 Å². The first kappa shape index (κ1) is 15.9. The summed E-state index contributed by atoms with van der Waals surface area (Å²) in [5, 5.41) is 9.75. The molecule has 114 valence electrons. The Morgan fingerprint density at radius 2 is 2.00 bits per heavy atom. The van der Waals surface area contributed by atoms with Gasteiger partial charge in [-0.3, -0.25) is 4.98 Å². The molecule has 0 saturated heterocycles. The van der Waals surface area contributed by atoms with Gasteiger partial charge in [0.15, 0.2) is 0 Å². The second kappa shape index (κ2) is 6.09. The highest BCUT2D eigenvalue weighted by molar-refractivity contribution is 7.89. The van der Waals surface area contributed by atoms with Crippen molar-refractivity contribution in [3.05, 3.63) is 36.0 Å². The number of aliphatic hydroxyl groups excluding tert-OH is 1. The van der Waals surface area contributed by atoms with E-state index in [-0.39, 0.29) is 24.1 Å². The van der Waals surface area contributed by atoms with E-state index in [1.165, 1.54) is 4.31 Å². The number of aryl methyl sites for hydroxylation is 1. The van der Waals surface area contributed by atoms with E-state index in [4.69, 9.17) is 5.11 Å². The Labute approximate surface area is 125 Å². The summed E-state index contributed by atoms with van der Waals surface area (Å²) < 4.78 is 27.1. The molecule has 1 N–H and O–H groups in total. The van der Waals surface area contributed by atoms with Crippen molar-refractivity contribution in [2.45, 2.75) is 31.7 Å². The van der Waals surface area contributed by atoms with Gasteiger partial charge in [-0.25, -0.2) is 8.42 Å². The summed E-state index contributed by atoms with van der Waals surface area (Å²) in [6.07, 6.45) is 1.65. The van der Waals surface area contributed by atoms with Crippen molar-refractivity contribution in [1.82, 2.24) is 9.29 Å². The van der Waals surface area contributed by atoms with Crippen LogP contribution in [-0.4, -0.2) is 42.0 Å². The molecule has 21 heavy (non-hydrogen) atoms. The number of hydrogen-bond donors (Lipinski definition) is 1. The molecule has 0 aliphatic heterocycles. The fourth-order valence-electron chi connectivity index (χ4n) is 2.39. The topological polar surface area (TPSA) is 70.5 Å². The van der Waals surface area contributed by atoms with Gasteiger partial charge < -0.3 is 5.11 Å². The summed E-state index contributed by atoms with van der Waals surface area (Å²) in [6, 6.07) is 6.64. The van der Waals surface area contributed by atoms with Gasteiger partial charge in [-0.15, -0.1) is 0 Å². The molecule has 0 atom stereocenters. The molecular formula is C15H20N2O3S. The monoisotopic (exact) mass is 308 g/mol. The Morgan fingerprint density at radius 1 is 1.29 bits per heavy atom. The highest BCUT2D eigenvalue weighted by Crippen LogP contribution is 2.27. The van der Waals surface area contributed by atoms with E-state index in [1.54, 1.807) is 44.3 Å². The molecular weight excluding hydrogens is 288 g/mol. The summed E-state index contributed by atoms with van der Waals surface area (Å²) in [7, 11) is -3.67. The number of pyridine rings is 1. The number of benzene rings is 1. The molecule has 1 aromatic heterocycles. The Morgan fingerprint density at radius 3 is 2.62 bits per heavy atom. The van der Waals surface area contributed by atoms with Crippen LogP contribution in [-0.2, 0) is 10.0 Å². The zero-order chi connectivity index (χ0) is 15.6. The van der Waals surface area contributed by atoms with Gasteiger partial charge >= 0.3 is 0 Å². The molecule has 2 rings (SSSR count). The Balaban J connectivity index is 2.68. The Hall–Kier alpha value is -1.50. The van der Waals surface area contributed by atoms with Crippen LogP contribution in [0, 0.1) is 6.92 Å². The van der Waals surface area contributed by atoms with E-state index in [9.17, 15) is 8.42 Å². The van der Waals surface area contributed by atoms with E-state index < -0.39 is 10.0 Å². The van der Waals surface area contributed by atoms with Gasteiger partial charge in [0.05, 0.1) is 17.0 Å². The summed E-state index contributed by atoms with van der Waals surface area (Å²) >= 11 is 0. The Kier molecular flexibility index (Phi) is 4.61. The van der Waals surface area contributed by atoms with Crippen molar-refractivity contribution in [2.75, 3.05) is 13.2 Å². The number of nitrogens with zero attached hydrogens (tertiary/aromatic N) is 2. The van der Waals surface area contributed by atoms with Gasteiger partial charge in [-0.05, 0) is 44.5 Å². The molecule has 1 aromatic carbocycles. The number of aliphatic hydroxyl groups is 1. The maximum Gasteiger partial charge on any atom is 0.244 e. The first-order chi connectivity index (χ1) is 9.89. The number of hydrogen-bond acceptors (Lipinski definition) is 4. The lowest BCUT2D eigenvalue weighted by Crippen LogP contribution is -2.39. The first-order valence-electron chi connectivity index (χ1n) is 6.86. The van der Waals surface area contributed by atoms with Crippen LogP contribution >= 0.6 is 0 Å². The van der Waals surface area contributed by atoms with Gasteiger partial charge in [0.1, 0.15) is 0 Å². The summed E-state index contributed by atoms with van der Waals surface area (Å²) in [5.41, 5.74) is 1.62. The zero-order valence-electron chi connectivity index (χ0n) is 12.4. The van der Waals surface area contributed by atoms with Crippen LogP contribution in [0.2, 0.25) is 0 Å². The van der Waals surface area contributed by atoms with Crippen molar-refractivity contribution in [3.63, 3.8) is 0 Å². The fraction of sp³-hybridized carbons (Fsp3) is 0.400. The summed E-state index contributed by atoms with van der Waals surface area (Å²) in [5.74, 6) is 0. The largest absolute Gasteiger partial charge is 0.395 e. The van der Waals surface area contributed by atoms with Crippen LogP contribution < -0.4 is 0 Å². The number of aromatic nitrogens is 1. The van der Waals surface area contributed by atoms with Gasteiger partial charge in [-0.1, -0.05) is 6.07 Å². The average Bonchev–Trinajstić information content (AvgIpc) is 2.44. The molecule has 0 amide bonds. The quantitative estimate of drug-likeness (QED) is 0.916. The van der Waals surface area contributed by atoms with E-state index in [2.05, 4.69) is 4.98 Å². The molecule has 0 spiro atoms. The van der Waals surface area contributed by atoms with Gasteiger partial charge in [0.2, 0.25) is 10.0 Å². The van der Waals surface area contributed by atoms with Gasteiger partial charge in [0, 0.05) is 24.2 Å². The number of sulfonamides is 1. The lowest BCUT2D eigenvalue weighted by molar-refractivity contribution is 0.236. The van der Waals surface area contributed by atoms with Crippen LogP contribution in [0.3, 0.4) is 0 Å². The van der Waals surface area contributed by atoms with E-state index in [0.29, 0.717) is 10.9 Å². The fourth-order valence-corrected chi connectivity index (χ4v) is 4.21. The van der Waals surface area contributed by atoms with Gasteiger partial charge in [-0.2, -0.15) is 4.31 Å². The molecule has 6 heteroatoms. The predicted octanol–water partition coefficient (Wildman–Crippen LogP) is 1.93. The highest BCUT2D eigenvalue weighted by Gasteiger charge is 2.28. The predicted molar refractivity (Wildman–Crippen MR) is 82.6 cm³/mol. The molecule has 1 heterocycles. The molecule has 5 nitrogen and oxygen atoms in total. The van der Waals surface area contributed by atoms with Crippen LogP contribution in [0.5, 0.6) is 0 Å². The summed E-state index contributed by atoms with van der Waals surface area (Å²) in [6.45, 7) is 5.36. The highest BCUT2D eigenvalue weighted by atomic mass is 32.2. The van der Waals surface area contributed by atoms with Crippen molar-refractivity contribution in [1.29, 1.82) is 0 Å². The molecule has 0 bridgehead atoms. The maximum atomic E-state index is 12.9. The minimum Gasteiger partial charge on any atom is -0.395 e. The zero-order valence-corrected chi connectivity index (χ0v) is 13.3. The van der Waals surface area contributed by atoms with Crippen LogP contribution in [0.15, 0.2) is 35.4 Å². The Bertz CT molecular complexity index is 742. The van der Waals surface area contributed by atoms with Crippen molar-refractivity contribution >= 4 is 20.9 Å². The van der Waals surface area contributed by atoms with Crippen molar-refractivity contribution in [3.8, 4) is 0 Å². The molecule has 2 aromatic rings. The molecule has 0 saturated carbocycles. The molecule has 0 fully saturated rings. The normalized spacial score (nSPS) is 12.5. The molecule has 0 radical (unpaired) electrons. The molecule has 0 aliphatic rings.